The van der Waals surface area contributed by atoms with E-state index in [2.05, 4.69) is 47.6 Å². The molecule has 0 amide bonds. The van der Waals surface area contributed by atoms with Crippen LogP contribution < -0.4 is 0 Å². The SMILES string of the molecule is CC/C=[C](\CCCCCC)[Al]([CH2]C(C)C)[CH2]C(C)C. The Bertz CT molecular complexity index is 218. The predicted octanol–water partition coefficient (Wildman–Crippen LogP) is 6.64. The van der Waals surface area contributed by atoms with Crippen LogP contribution in [0.15, 0.2) is 10.5 Å². The van der Waals surface area contributed by atoms with Crippen LogP contribution in [0.5, 0.6) is 0 Å². The molecular weight excluding hydrogens is 243 g/mol. The van der Waals surface area contributed by atoms with Crippen LogP contribution in [0.3, 0.4) is 0 Å². The molecule has 0 radical (unpaired) electrons. The van der Waals surface area contributed by atoms with Crippen molar-refractivity contribution < 1.29 is 0 Å². The molecule has 0 bridgehead atoms. The lowest BCUT2D eigenvalue weighted by molar-refractivity contribution is 0.661. The predicted molar refractivity (Wildman–Crippen MR) is 92.2 cm³/mol. The fourth-order valence-electron chi connectivity index (χ4n) is 3.03. The third kappa shape index (κ3) is 10.7. The molecule has 0 aliphatic heterocycles. The highest BCUT2D eigenvalue weighted by Gasteiger charge is 2.23. The van der Waals surface area contributed by atoms with E-state index in [-0.39, 0.29) is 0 Å². The molecule has 0 nitrogen and oxygen atoms in total. The van der Waals surface area contributed by atoms with Crippen LogP contribution in [0.25, 0.3) is 0 Å². The summed E-state index contributed by atoms with van der Waals surface area (Å²) in [6, 6.07) is 0. The lowest BCUT2D eigenvalue weighted by atomic mass is 10.1. The number of rotatable bonds is 11. The van der Waals surface area contributed by atoms with Gasteiger partial charge in [0.25, 0.3) is 14.1 Å². The normalized spacial score (nSPS) is 12.5. The average Bonchev–Trinajstić information content (AvgIpc) is 2.31. The van der Waals surface area contributed by atoms with Gasteiger partial charge in [-0.15, -0.1) is 10.5 Å². The molecule has 0 aromatic rings. The summed E-state index contributed by atoms with van der Waals surface area (Å²) >= 11 is -0.673. The van der Waals surface area contributed by atoms with Gasteiger partial charge >= 0.3 is 0 Å². The number of allylic oxidation sites excluding steroid dienone is 2. The van der Waals surface area contributed by atoms with Crippen molar-refractivity contribution in [3.8, 4) is 0 Å². The maximum Gasteiger partial charge on any atom is 0.299 e. The van der Waals surface area contributed by atoms with E-state index >= 15 is 0 Å². The van der Waals surface area contributed by atoms with Crippen LogP contribution in [0, 0.1) is 11.8 Å². The first-order chi connectivity index (χ1) is 9.01. The molecule has 0 aromatic heterocycles. The monoisotopic (exact) mass is 280 g/mol. The van der Waals surface area contributed by atoms with Crippen molar-refractivity contribution >= 4 is 14.1 Å². The molecule has 1 heteroatoms. The topological polar surface area (TPSA) is 0 Å². The minimum atomic E-state index is -0.673. The molecule has 0 unspecified atom stereocenters. The third-order valence-electron chi connectivity index (χ3n) is 3.82. The number of hydrogen-bond acceptors (Lipinski definition) is 0. The fraction of sp³-hybridized carbons (Fsp3) is 0.889. The van der Waals surface area contributed by atoms with E-state index in [1.807, 2.05) is 4.44 Å². The lowest BCUT2D eigenvalue weighted by Crippen LogP contribution is -2.21. The van der Waals surface area contributed by atoms with Crippen LogP contribution in [0.4, 0.5) is 0 Å². The van der Waals surface area contributed by atoms with Crippen molar-refractivity contribution in [3.05, 3.63) is 10.5 Å². The molecule has 0 heterocycles. The Morgan fingerprint density at radius 3 is 1.89 bits per heavy atom. The average molecular weight is 280 g/mol. The van der Waals surface area contributed by atoms with Gasteiger partial charge in [-0.05, 0) is 12.8 Å². The van der Waals surface area contributed by atoms with Gasteiger partial charge in [0.2, 0.25) is 0 Å². The van der Waals surface area contributed by atoms with E-state index in [1.165, 1.54) is 49.1 Å². The van der Waals surface area contributed by atoms with Crippen LogP contribution in [-0.4, -0.2) is 14.1 Å². The number of unbranched alkanes of at least 4 members (excludes halogenated alkanes) is 3. The van der Waals surface area contributed by atoms with E-state index in [9.17, 15) is 0 Å². The highest BCUT2D eigenvalue weighted by atomic mass is 27.2. The second-order valence-corrected chi connectivity index (χ2v) is 10.0. The molecule has 0 atom stereocenters. The lowest BCUT2D eigenvalue weighted by Gasteiger charge is -2.20. The molecule has 19 heavy (non-hydrogen) atoms. The minimum Gasteiger partial charge on any atom is -0.134 e. The first-order valence-corrected chi connectivity index (χ1v) is 10.9. The van der Waals surface area contributed by atoms with Gasteiger partial charge in [-0.2, -0.15) is 0 Å². The molecule has 0 fully saturated rings. The molecule has 0 N–H and O–H groups in total. The van der Waals surface area contributed by atoms with Crippen LogP contribution in [0.1, 0.15) is 80.1 Å². The summed E-state index contributed by atoms with van der Waals surface area (Å²) in [5.41, 5.74) is 0. The van der Waals surface area contributed by atoms with Crippen molar-refractivity contribution in [2.45, 2.75) is 90.6 Å². The Morgan fingerprint density at radius 2 is 1.47 bits per heavy atom. The maximum atomic E-state index is 2.59. The summed E-state index contributed by atoms with van der Waals surface area (Å²) < 4.78 is 1.90. The third-order valence-corrected chi connectivity index (χ3v) is 8.42. The first kappa shape index (κ1) is 19.3. The number of hydrogen-bond donors (Lipinski definition) is 0. The van der Waals surface area contributed by atoms with Crippen molar-refractivity contribution in [3.63, 3.8) is 0 Å². The Morgan fingerprint density at radius 1 is 0.895 bits per heavy atom. The van der Waals surface area contributed by atoms with Crippen molar-refractivity contribution in [1.82, 2.24) is 0 Å². The zero-order valence-corrected chi connectivity index (χ0v) is 15.6. The molecule has 0 aliphatic rings. The van der Waals surface area contributed by atoms with E-state index in [1.54, 1.807) is 0 Å². The molecule has 0 spiro atoms. The molecule has 0 saturated heterocycles. The zero-order valence-electron chi connectivity index (χ0n) is 14.5. The highest BCUT2D eigenvalue weighted by molar-refractivity contribution is 6.66. The first-order valence-electron chi connectivity index (χ1n) is 8.70. The molecule has 0 aromatic carbocycles. The largest absolute Gasteiger partial charge is 0.299 e. The Labute approximate surface area is 127 Å². The minimum absolute atomic E-state index is 0.673. The van der Waals surface area contributed by atoms with Gasteiger partial charge in [-0.1, -0.05) is 89.6 Å². The quantitative estimate of drug-likeness (QED) is 0.294. The van der Waals surface area contributed by atoms with Gasteiger partial charge in [0.1, 0.15) is 0 Å². The summed E-state index contributed by atoms with van der Waals surface area (Å²) in [6.45, 7) is 14.2. The zero-order chi connectivity index (χ0) is 14.7. The van der Waals surface area contributed by atoms with Gasteiger partial charge in [-0.25, -0.2) is 0 Å². The van der Waals surface area contributed by atoms with Gasteiger partial charge in [0, 0.05) is 0 Å². The molecule has 112 valence electrons. The molecule has 0 saturated carbocycles. The highest BCUT2D eigenvalue weighted by Crippen LogP contribution is 2.25. The summed E-state index contributed by atoms with van der Waals surface area (Å²) in [6.07, 6.45) is 10.9. The van der Waals surface area contributed by atoms with Gasteiger partial charge in [0.15, 0.2) is 0 Å². The maximum absolute atomic E-state index is 2.59. The standard InChI is InChI=1S/C10H19.2C4H9.Al/c1-3-5-7-9-10-8-6-4-2;2*1-4(2)3;/h5H,3-4,6,8-10H2,1-2H3;2*4H,1H2,2-3H3;. The Balaban J connectivity index is 4.51. The van der Waals surface area contributed by atoms with Crippen LogP contribution in [-0.2, 0) is 0 Å². The van der Waals surface area contributed by atoms with E-state index in [4.69, 9.17) is 0 Å². The fourth-order valence-corrected chi connectivity index (χ4v) is 7.28. The Hall–Kier alpha value is 0.272. The van der Waals surface area contributed by atoms with E-state index in [0.717, 1.165) is 11.8 Å². The van der Waals surface area contributed by atoms with Gasteiger partial charge in [0.05, 0.1) is 0 Å². The van der Waals surface area contributed by atoms with Crippen LogP contribution >= 0.6 is 0 Å². The van der Waals surface area contributed by atoms with Gasteiger partial charge in [-0.3, -0.25) is 0 Å². The van der Waals surface area contributed by atoms with Crippen molar-refractivity contribution in [2.75, 3.05) is 0 Å². The molecular formula is C18H37Al. The van der Waals surface area contributed by atoms with Crippen LogP contribution in [0.2, 0.25) is 10.6 Å². The van der Waals surface area contributed by atoms with Crippen molar-refractivity contribution in [2.24, 2.45) is 11.8 Å². The van der Waals surface area contributed by atoms with E-state index < -0.39 is 14.1 Å². The summed E-state index contributed by atoms with van der Waals surface area (Å²) in [5, 5.41) is 3.02. The Kier molecular flexibility index (Phi) is 12.2. The van der Waals surface area contributed by atoms with Gasteiger partial charge < -0.3 is 0 Å². The van der Waals surface area contributed by atoms with E-state index in [0.29, 0.717) is 0 Å². The second kappa shape index (κ2) is 12.0. The summed E-state index contributed by atoms with van der Waals surface area (Å²) in [4.78, 5) is 0. The second-order valence-electron chi connectivity index (χ2n) is 6.95. The van der Waals surface area contributed by atoms with Crippen molar-refractivity contribution in [1.29, 1.82) is 0 Å². The summed E-state index contributed by atoms with van der Waals surface area (Å²) in [5.74, 6) is 1.76. The molecule has 0 aliphatic carbocycles. The smallest absolute Gasteiger partial charge is 0.134 e. The molecule has 0 rings (SSSR count). The summed E-state index contributed by atoms with van der Waals surface area (Å²) in [7, 11) is 0.